The van der Waals surface area contributed by atoms with Crippen LogP contribution in [0.15, 0.2) is 24.3 Å². The molecule has 0 N–H and O–H groups in total. The Balaban J connectivity index is 1.41. The fourth-order valence-electron chi connectivity index (χ4n) is 3.98. The Morgan fingerprint density at radius 3 is 2.52 bits per heavy atom. The first kappa shape index (κ1) is 17.7. The number of nitro groups is 1. The first-order valence-corrected chi connectivity index (χ1v) is 9.62. The lowest BCUT2D eigenvalue weighted by Crippen LogP contribution is -2.39. The van der Waals surface area contributed by atoms with E-state index in [4.69, 9.17) is 9.72 Å². The molecule has 0 spiro atoms. The third-order valence-electron chi connectivity index (χ3n) is 5.36. The van der Waals surface area contributed by atoms with Crippen molar-refractivity contribution in [2.24, 2.45) is 0 Å². The van der Waals surface area contributed by atoms with Crippen molar-refractivity contribution in [2.45, 2.75) is 51.6 Å². The summed E-state index contributed by atoms with van der Waals surface area (Å²) >= 11 is 0. The zero-order valence-electron chi connectivity index (χ0n) is 15.6. The normalized spacial score (nSPS) is 17.4. The Morgan fingerprint density at radius 1 is 1.11 bits per heavy atom. The van der Waals surface area contributed by atoms with Gasteiger partial charge in [-0.25, -0.2) is 9.97 Å². The number of piperidine rings is 1. The molecule has 1 aliphatic heterocycles. The van der Waals surface area contributed by atoms with E-state index in [0.29, 0.717) is 5.75 Å². The second-order valence-corrected chi connectivity index (χ2v) is 7.28. The smallest absolute Gasteiger partial charge is 0.269 e. The maximum absolute atomic E-state index is 10.7. The number of non-ortho nitro benzene ring substituents is 1. The molecule has 142 valence electrons. The first-order chi connectivity index (χ1) is 13.1. The van der Waals surface area contributed by atoms with Gasteiger partial charge in [0.05, 0.1) is 4.92 Å². The van der Waals surface area contributed by atoms with E-state index in [-0.39, 0.29) is 11.8 Å². The van der Waals surface area contributed by atoms with Crippen LogP contribution in [0.25, 0.3) is 0 Å². The summed E-state index contributed by atoms with van der Waals surface area (Å²) in [5.74, 6) is 2.66. The Kier molecular flexibility index (Phi) is 4.92. The zero-order valence-corrected chi connectivity index (χ0v) is 15.6. The van der Waals surface area contributed by atoms with Gasteiger partial charge < -0.3 is 9.64 Å². The highest BCUT2D eigenvalue weighted by atomic mass is 16.6. The lowest BCUT2D eigenvalue weighted by molar-refractivity contribution is -0.384. The minimum atomic E-state index is -0.396. The van der Waals surface area contributed by atoms with E-state index in [1.165, 1.54) is 36.2 Å². The van der Waals surface area contributed by atoms with Gasteiger partial charge in [-0.2, -0.15) is 0 Å². The lowest BCUT2D eigenvalue weighted by atomic mass is 9.95. The van der Waals surface area contributed by atoms with Crippen molar-refractivity contribution in [3.63, 3.8) is 0 Å². The largest absolute Gasteiger partial charge is 0.490 e. The van der Waals surface area contributed by atoms with Crippen molar-refractivity contribution in [3.05, 3.63) is 51.5 Å². The molecule has 0 radical (unpaired) electrons. The highest BCUT2D eigenvalue weighted by molar-refractivity contribution is 5.50. The monoisotopic (exact) mass is 368 g/mol. The Bertz CT molecular complexity index is 830. The van der Waals surface area contributed by atoms with Crippen LogP contribution in [0.2, 0.25) is 0 Å². The number of hydrogen-bond donors (Lipinski definition) is 0. The van der Waals surface area contributed by atoms with E-state index >= 15 is 0 Å². The maximum atomic E-state index is 10.7. The first-order valence-electron chi connectivity index (χ1n) is 9.62. The molecule has 1 aromatic heterocycles. The standard InChI is InChI=1S/C20H24N4O3/c1-14-21-19-5-3-2-4-18(19)20(22-14)23-12-10-17(11-13-23)27-16-8-6-15(7-9-16)24(25)26/h6-9,17H,2-5,10-13H2,1H3. The number of ether oxygens (including phenoxy) is 1. The van der Waals surface area contributed by atoms with Crippen molar-refractivity contribution in [1.82, 2.24) is 9.97 Å². The Morgan fingerprint density at radius 2 is 1.81 bits per heavy atom. The van der Waals surface area contributed by atoms with Gasteiger partial charge in [-0.05, 0) is 44.7 Å². The summed E-state index contributed by atoms with van der Waals surface area (Å²) < 4.78 is 6.03. The van der Waals surface area contributed by atoms with E-state index in [1.54, 1.807) is 12.1 Å². The molecule has 0 amide bonds. The number of anilines is 1. The molecule has 2 aromatic rings. The summed E-state index contributed by atoms with van der Waals surface area (Å²) in [6.07, 6.45) is 6.51. The molecule has 2 aliphatic rings. The number of aromatic nitrogens is 2. The predicted molar refractivity (Wildman–Crippen MR) is 102 cm³/mol. The third kappa shape index (κ3) is 3.86. The number of nitrogens with zero attached hydrogens (tertiary/aromatic N) is 4. The Hall–Kier alpha value is -2.70. The molecule has 0 saturated carbocycles. The van der Waals surface area contributed by atoms with Gasteiger partial charge in [0, 0.05) is 49.3 Å². The van der Waals surface area contributed by atoms with Crippen molar-refractivity contribution in [1.29, 1.82) is 0 Å². The average molecular weight is 368 g/mol. The van der Waals surface area contributed by atoms with Crippen molar-refractivity contribution in [2.75, 3.05) is 18.0 Å². The summed E-state index contributed by atoms with van der Waals surface area (Å²) in [4.78, 5) is 22.1. The molecular weight excluding hydrogens is 344 g/mol. The number of fused-ring (bicyclic) bond motifs is 1. The number of hydrogen-bond acceptors (Lipinski definition) is 6. The van der Waals surface area contributed by atoms with E-state index in [2.05, 4.69) is 9.88 Å². The van der Waals surface area contributed by atoms with Gasteiger partial charge in [0.25, 0.3) is 5.69 Å². The van der Waals surface area contributed by atoms with Crippen LogP contribution in [-0.2, 0) is 12.8 Å². The Labute approximate surface area is 158 Å². The maximum Gasteiger partial charge on any atom is 0.269 e. The molecular formula is C20H24N4O3. The fourth-order valence-corrected chi connectivity index (χ4v) is 3.98. The molecule has 0 bridgehead atoms. The molecule has 0 unspecified atom stereocenters. The molecule has 7 heteroatoms. The van der Waals surface area contributed by atoms with Gasteiger partial charge in [-0.15, -0.1) is 0 Å². The second-order valence-electron chi connectivity index (χ2n) is 7.28. The SMILES string of the molecule is Cc1nc2c(c(N3CCC(Oc4ccc([N+](=O)[O-])cc4)CC3)n1)CCCC2. The number of aryl methyl sites for hydroxylation is 2. The molecule has 1 saturated heterocycles. The summed E-state index contributed by atoms with van der Waals surface area (Å²) in [7, 11) is 0. The minimum absolute atomic E-state index is 0.0843. The highest BCUT2D eigenvalue weighted by Gasteiger charge is 2.26. The van der Waals surface area contributed by atoms with Crippen molar-refractivity contribution in [3.8, 4) is 5.75 Å². The van der Waals surface area contributed by atoms with Gasteiger partial charge >= 0.3 is 0 Å². The van der Waals surface area contributed by atoms with Crippen LogP contribution < -0.4 is 9.64 Å². The topological polar surface area (TPSA) is 81.4 Å². The number of rotatable bonds is 4. The number of nitro benzene ring substituents is 1. The predicted octanol–water partition coefficient (Wildman–Crippen LogP) is 3.62. The van der Waals surface area contributed by atoms with Crippen LogP contribution in [0, 0.1) is 17.0 Å². The van der Waals surface area contributed by atoms with E-state index in [1.807, 2.05) is 6.92 Å². The van der Waals surface area contributed by atoms with Crippen molar-refractivity contribution >= 4 is 11.5 Å². The van der Waals surface area contributed by atoms with Gasteiger partial charge in [0.1, 0.15) is 23.5 Å². The third-order valence-corrected chi connectivity index (χ3v) is 5.36. The van der Waals surface area contributed by atoms with Crippen molar-refractivity contribution < 1.29 is 9.66 Å². The average Bonchev–Trinajstić information content (AvgIpc) is 2.68. The minimum Gasteiger partial charge on any atom is -0.490 e. The van der Waals surface area contributed by atoms with E-state index < -0.39 is 4.92 Å². The second kappa shape index (κ2) is 7.50. The summed E-state index contributed by atoms with van der Waals surface area (Å²) in [6.45, 7) is 3.78. The lowest BCUT2D eigenvalue weighted by Gasteiger charge is -2.35. The highest BCUT2D eigenvalue weighted by Crippen LogP contribution is 2.30. The molecule has 1 aromatic carbocycles. The van der Waals surface area contributed by atoms with Gasteiger partial charge in [0.2, 0.25) is 0 Å². The van der Waals surface area contributed by atoms with Crippen LogP contribution in [-0.4, -0.2) is 34.1 Å². The van der Waals surface area contributed by atoms with E-state index in [9.17, 15) is 10.1 Å². The van der Waals surface area contributed by atoms with Gasteiger partial charge in [0.15, 0.2) is 0 Å². The quantitative estimate of drug-likeness (QED) is 0.606. The molecule has 0 atom stereocenters. The molecule has 1 fully saturated rings. The van der Waals surface area contributed by atoms with Gasteiger partial charge in [-0.1, -0.05) is 0 Å². The molecule has 7 nitrogen and oxygen atoms in total. The zero-order chi connectivity index (χ0) is 18.8. The molecule has 4 rings (SSSR count). The van der Waals surface area contributed by atoms with Crippen LogP contribution in [0.1, 0.15) is 42.8 Å². The molecule has 1 aliphatic carbocycles. The van der Waals surface area contributed by atoms with Crippen LogP contribution in [0.4, 0.5) is 11.5 Å². The van der Waals surface area contributed by atoms with Crippen LogP contribution in [0.3, 0.4) is 0 Å². The van der Waals surface area contributed by atoms with Gasteiger partial charge in [-0.3, -0.25) is 10.1 Å². The molecule has 2 heterocycles. The molecule has 27 heavy (non-hydrogen) atoms. The summed E-state index contributed by atoms with van der Waals surface area (Å²) in [5, 5.41) is 10.7. The summed E-state index contributed by atoms with van der Waals surface area (Å²) in [5.41, 5.74) is 2.65. The van der Waals surface area contributed by atoms with E-state index in [0.717, 1.165) is 50.4 Å². The van der Waals surface area contributed by atoms with Crippen LogP contribution >= 0.6 is 0 Å². The fraction of sp³-hybridized carbons (Fsp3) is 0.500. The summed E-state index contributed by atoms with van der Waals surface area (Å²) in [6, 6.07) is 6.32. The number of benzene rings is 1. The van der Waals surface area contributed by atoms with Crippen LogP contribution in [0.5, 0.6) is 5.75 Å².